The van der Waals surface area contributed by atoms with E-state index in [-0.39, 0.29) is 18.4 Å². The molecule has 1 fully saturated rings. The molecule has 0 aliphatic heterocycles. The summed E-state index contributed by atoms with van der Waals surface area (Å²) >= 11 is 0. The third-order valence-electron chi connectivity index (χ3n) is 5.56. The first-order chi connectivity index (χ1) is 13.5. The highest BCUT2D eigenvalue weighted by atomic mass is 16.2. The fraction of sp³-hybridized carbons (Fsp3) is 0.500. The van der Waals surface area contributed by atoms with Crippen LogP contribution in [0.4, 0.5) is 0 Å². The van der Waals surface area contributed by atoms with E-state index < -0.39 is 0 Å². The molecular weight excluding hydrogens is 352 g/mol. The van der Waals surface area contributed by atoms with Gasteiger partial charge in [-0.15, -0.1) is 0 Å². The minimum atomic E-state index is -0.157. The van der Waals surface area contributed by atoms with Gasteiger partial charge in [0.2, 0.25) is 11.8 Å². The van der Waals surface area contributed by atoms with Crippen LogP contribution < -0.4 is 5.32 Å². The standard InChI is InChI=1S/C22H30N4O2/c1-16(2)22(28)23-14-13-20-24-18-11-7-8-12-19(18)26(20)15-21(27)25(3)17-9-5-4-6-10-17/h7-8,11-12,17H,1,4-6,9-10,13-15H2,2-3H3,(H,23,28). The van der Waals surface area contributed by atoms with E-state index in [1.54, 1.807) is 6.92 Å². The number of nitrogens with zero attached hydrogens (tertiary/aromatic N) is 3. The third kappa shape index (κ3) is 4.61. The zero-order valence-electron chi connectivity index (χ0n) is 16.9. The Morgan fingerprint density at radius 3 is 2.68 bits per heavy atom. The Bertz CT molecular complexity index is 865. The molecule has 2 amide bonds. The molecular formula is C22H30N4O2. The highest BCUT2D eigenvalue weighted by Gasteiger charge is 2.23. The van der Waals surface area contributed by atoms with Crippen LogP contribution in [0, 0.1) is 0 Å². The van der Waals surface area contributed by atoms with Crippen LogP contribution in [0.25, 0.3) is 11.0 Å². The SMILES string of the molecule is C=C(C)C(=O)NCCc1nc2ccccc2n1CC(=O)N(C)C1CCCCC1. The maximum Gasteiger partial charge on any atom is 0.246 e. The summed E-state index contributed by atoms with van der Waals surface area (Å²) in [6.07, 6.45) is 6.41. The van der Waals surface area contributed by atoms with Gasteiger partial charge in [-0.3, -0.25) is 9.59 Å². The van der Waals surface area contributed by atoms with Gasteiger partial charge in [0, 0.05) is 31.6 Å². The average Bonchev–Trinajstić information content (AvgIpc) is 3.05. The molecule has 1 aromatic carbocycles. The van der Waals surface area contributed by atoms with E-state index in [1.165, 1.54) is 19.3 Å². The molecule has 1 aliphatic rings. The van der Waals surface area contributed by atoms with E-state index in [0.717, 1.165) is 29.7 Å². The fourth-order valence-corrected chi connectivity index (χ4v) is 3.85. The van der Waals surface area contributed by atoms with Crippen molar-refractivity contribution in [2.75, 3.05) is 13.6 Å². The molecule has 0 radical (unpaired) electrons. The number of benzene rings is 1. The summed E-state index contributed by atoms with van der Waals surface area (Å²) in [4.78, 5) is 31.3. The summed E-state index contributed by atoms with van der Waals surface area (Å²) in [7, 11) is 1.92. The lowest BCUT2D eigenvalue weighted by Crippen LogP contribution is -2.40. The Kier molecular flexibility index (Phi) is 6.49. The van der Waals surface area contributed by atoms with E-state index in [1.807, 2.05) is 40.8 Å². The minimum absolute atomic E-state index is 0.113. The number of carbonyl (C=O) groups excluding carboxylic acids is 2. The van der Waals surface area contributed by atoms with Crippen molar-refractivity contribution in [1.29, 1.82) is 0 Å². The van der Waals surface area contributed by atoms with Gasteiger partial charge >= 0.3 is 0 Å². The quantitative estimate of drug-likeness (QED) is 0.749. The number of nitrogens with one attached hydrogen (secondary N) is 1. The van der Waals surface area contributed by atoms with Gasteiger partial charge in [-0.2, -0.15) is 0 Å². The molecule has 3 rings (SSSR count). The first kappa shape index (κ1) is 20.1. The number of aromatic nitrogens is 2. The van der Waals surface area contributed by atoms with Crippen LogP contribution in [-0.4, -0.2) is 45.9 Å². The van der Waals surface area contributed by atoms with Crippen LogP contribution in [0.1, 0.15) is 44.9 Å². The fourth-order valence-electron chi connectivity index (χ4n) is 3.85. The second-order valence-corrected chi connectivity index (χ2v) is 7.69. The van der Waals surface area contributed by atoms with Crippen LogP contribution in [0.15, 0.2) is 36.4 Å². The summed E-state index contributed by atoms with van der Waals surface area (Å²) in [6, 6.07) is 8.20. The molecule has 1 aliphatic carbocycles. The number of carbonyl (C=O) groups is 2. The Morgan fingerprint density at radius 1 is 1.25 bits per heavy atom. The number of para-hydroxylation sites is 2. The first-order valence-corrected chi connectivity index (χ1v) is 10.1. The van der Waals surface area contributed by atoms with Crippen molar-refractivity contribution in [2.45, 2.75) is 58.0 Å². The molecule has 0 bridgehead atoms. The van der Waals surface area contributed by atoms with Crippen LogP contribution >= 0.6 is 0 Å². The predicted octanol–water partition coefficient (Wildman–Crippen LogP) is 3.06. The van der Waals surface area contributed by atoms with Crippen molar-refractivity contribution < 1.29 is 9.59 Å². The number of amides is 2. The third-order valence-corrected chi connectivity index (χ3v) is 5.56. The second-order valence-electron chi connectivity index (χ2n) is 7.69. The summed E-state index contributed by atoms with van der Waals surface area (Å²) in [6.45, 7) is 6.07. The molecule has 2 aromatic rings. The van der Waals surface area contributed by atoms with Crippen LogP contribution in [0.5, 0.6) is 0 Å². The van der Waals surface area contributed by atoms with E-state index in [9.17, 15) is 9.59 Å². The van der Waals surface area contributed by atoms with Crippen molar-refractivity contribution >= 4 is 22.8 Å². The van der Waals surface area contributed by atoms with Gasteiger partial charge in [-0.25, -0.2) is 4.98 Å². The lowest BCUT2D eigenvalue weighted by molar-refractivity contribution is -0.133. The monoisotopic (exact) mass is 382 g/mol. The van der Waals surface area contributed by atoms with E-state index in [0.29, 0.717) is 24.6 Å². The molecule has 1 saturated carbocycles. The lowest BCUT2D eigenvalue weighted by atomic mass is 9.94. The summed E-state index contributed by atoms with van der Waals surface area (Å²) in [5.74, 6) is 0.770. The molecule has 6 heteroatoms. The normalized spacial score (nSPS) is 14.8. The van der Waals surface area contributed by atoms with Gasteiger partial charge in [0.15, 0.2) is 0 Å². The molecule has 1 heterocycles. The molecule has 0 unspecified atom stereocenters. The van der Waals surface area contributed by atoms with Crippen molar-refractivity contribution in [3.05, 3.63) is 42.2 Å². The van der Waals surface area contributed by atoms with E-state index in [2.05, 4.69) is 11.9 Å². The largest absolute Gasteiger partial charge is 0.352 e. The number of hydrogen-bond donors (Lipinski definition) is 1. The number of imidazole rings is 1. The van der Waals surface area contributed by atoms with E-state index >= 15 is 0 Å². The zero-order valence-corrected chi connectivity index (χ0v) is 16.9. The molecule has 1 N–H and O–H groups in total. The van der Waals surface area contributed by atoms with Crippen LogP contribution in [-0.2, 0) is 22.6 Å². The molecule has 1 aromatic heterocycles. The first-order valence-electron chi connectivity index (χ1n) is 10.1. The smallest absolute Gasteiger partial charge is 0.246 e. The van der Waals surface area contributed by atoms with Crippen LogP contribution in [0.3, 0.4) is 0 Å². The minimum Gasteiger partial charge on any atom is -0.352 e. The Hall–Kier alpha value is -2.63. The molecule has 150 valence electrons. The molecule has 0 saturated heterocycles. The Labute approximate surface area is 166 Å². The van der Waals surface area contributed by atoms with Crippen molar-refractivity contribution in [2.24, 2.45) is 0 Å². The average molecular weight is 383 g/mol. The molecule has 0 atom stereocenters. The van der Waals surface area contributed by atoms with Gasteiger partial charge in [0.25, 0.3) is 0 Å². The second kappa shape index (κ2) is 9.04. The highest BCUT2D eigenvalue weighted by Crippen LogP contribution is 2.23. The number of hydrogen-bond acceptors (Lipinski definition) is 3. The van der Waals surface area contributed by atoms with Gasteiger partial charge in [-0.05, 0) is 31.9 Å². The molecule has 28 heavy (non-hydrogen) atoms. The van der Waals surface area contributed by atoms with Gasteiger partial charge in [0.1, 0.15) is 12.4 Å². The Morgan fingerprint density at radius 2 is 1.96 bits per heavy atom. The van der Waals surface area contributed by atoms with E-state index in [4.69, 9.17) is 4.98 Å². The number of fused-ring (bicyclic) bond motifs is 1. The topological polar surface area (TPSA) is 67.2 Å². The number of rotatable bonds is 7. The molecule has 6 nitrogen and oxygen atoms in total. The summed E-state index contributed by atoms with van der Waals surface area (Å²) in [5.41, 5.74) is 2.31. The Balaban J connectivity index is 1.75. The summed E-state index contributed by atoms with van der Waals surface area (Å²) < 4.78 is 1.99. The zero-order chi connectivity index (χ0) is 20.1. The van der Waals surface area contributed by atoms with Gasteiger partial charge < -0.3 is 14.8 Å². The van der Waals surface area contributed by atoms with Crippen molar-refractivity contribution in [3.63, 3.8) is 0 Å². The van der Waals surface area contributed by atoms with Crippen LogP contribution in [0.2, 0.25) is 0 Å². The predicted molar refractivity (Wildman–Crippen MR) is 111 cm³/mol. The van der Waals surface area contributed by atoms with Gasteiger partial charge in [0.05, 0.1) is 11.0 Å². The number of likely N-dealkylation sites (N-methyl/N-ethyl adjacent to an activating group) is 1. The van der Waals surface area contributed by atoms with Crippen molar-refractivity contribution in [3.8, 4) is 0 Å². The lowest BCUT2D eigenvalue weighted by Gasteiger charge is -2.31. The van der Waals surface area contributed by atoms with Crippen molar-refractivity contribution in [1.82, 2.24) is 19.8 Å². The maximum absolute atomic E-state index is 13.0. The maximum atomic E-state index is 13.0. The highest BCUT2D eigenvalue weighted by molar-refractivity contribution is 5.92. The van der Waals surface area contributed by atoms with Gasteiger partial charge in [-0.1, -0.05) is 38.0 Å². The molecule has 0 spiro atoms. The summed E-state index contributed by atoms with van der Waals surface area (Å²) in [5, 5.41) is 2.84.